The number of carbonyl (C=O) groups is 1. The predicted molar refractivity (Wildman–Crippen MR) is 75.6 cm³/mol. The highest BCUT2D eigenvalue weighted by Gasteiger charge is 2.14. The first kappa shape index (κ1) is 13.8. The summed E-state index contributed by atoms with van der Waals surface area (Å²) in [5.41, 5.74) is 3.36. The molecule has 7 heteroatoms. The molecule has 7 nitrogen and oxygen atoms in total. The Balaban J connectivity index is 1.48. The normalized spacial score (nSPS) is 18.1. The fourth-order valence-corrected chi connectivity index (χ4v) is 2.17. The van der Waals surface area contributed by atoms with Crippen LogP contribution in [-0.4, -0.2) is 56.7 Å². The maximum atomic E-state index is 11.7. The fourth-order valence-electron chi connectivity index (χ4n) is 2.17. The summed E-state index contributed by atoms with van der Waals surface area (Å²) < 4.78 is 15.7. The van der Waals surface area contributed by atoms with E-state index in [-0.39, 0.29) is 12.7 Å². The molecule has 1 fully saturated rings. The minimum atomic E-state index is -0.131. The summed E-state index contributed by atoms with van der Waals surface area (Å²) in [6, 6.07) is 5.49. The zero-order valence-electron chi connectivity index (χ0n) is 11.6. The molecule has 0 aliphatic carbocycles. The van der Waals surface area contributed by atoms with Crippen molar-refractivity contribution in [2.45, 2.75) is 0 Å². The average Bonchev–Trinajstić information content (AvgIpc) is 2.96. The van der Waals surface area contributed by atoms with E-state index in [1.165, 1.54) is 0 Å². The van der Waals surface area contributed by atoms with E-state index >= 15 is 0 Å². The van der Waals surface area contributed by atoms with Crippen molar-refractivity contribution in [2.24, 2.45) is 5.10 Å². The van der Waals surface area contributed by atoms with E-state index in [2.05, 4.69) is 10.5 Å². The number of amides is 1. The molecule has 0 saturated carbocycles. The smallest absolute Gasteiger partial charge is 0.254 e. The largest absolute Gasteiger partial charge is 0.454 e. The molecular weight excluding hydrogens is 274 g/mol. The molecule has 112 valence electrons. The molecule has 2 heterocycles. The van der Waals surface area contributed by atoms with Crippen LogP contribution in [0.5, 0.6) is 11.5 Å². The molecule has 0 bridgehead atoms. The Kier molecular flexibility index (Phi) is 4.32. The van der Waals surface area contributed by atoms with Crippen molar-refractivity contribution in [3.8, 4) is 11.5 Å². The molecular formula is C14H17N3O4. The van der Waals surface area contributed by atoms with Gasteiger partial charge in [0, 0.05) is 13.1 Å². The Bertz CT molecular complexity index is 541. The number of ether oxygens (including phenoxy) is 3. The highest BCUT2D eigenvalue weighted by molar-refractivity contribution is 5.83. The standard InChI is InChI=1S/C14H17N3O4/c18-14(9-17-3-5-19-6-4-17)16-15-8-11-1-2-12-13(7-11)21-10-20-12/h1-2,7-8H,3-6,9-10H2,(H,16,18)/b15-8+. The summed E-state index contributed by atoms with van der Waals surface area (Å²) in [5.74, 6) is 1.29. The van der Waals surface area contributed by atoms with Crippen LogP contribution in [0.4, 0.5) is 0 Å². The molecule has 2 aliphatic heterocycles. The third-order valence-corrected chi connectivity index (χ3v) is 3.27. The lowest BCUT2D eigenvalue weighted by atomic mass is 10.2. The van der Waals surface area contributed by atoms with Crippen LogP contribution in [-0.2, 0) is 9.53 Å². The molecule has 1 N–H and O–H groups in total. The Morgan fingerprint density at radius 3 is 2.95 bits per heavy atom. The van der Waals surface area contributed by atoms with Crippen LogP contribution in [0.3, 0.4) is 0 Å². The number of fused-ring (bicyclic) bond motifs is 1. The van der Waals surface area contributed by atoms with Gasteiger partial charge in [0.15, 0.2) is 11.5 Å². The number of nitrogens with zero attached hydrogens (tertiary/aromatic N) is 2. The third kappa shape index (κ3) is 3.71. The van der Waals surface area contributed by atoms with Crippen molar-refractivity contribution in [1.82, 2.24) is 10.3 Å². The van der Waals surface area contributed by atoms with E-state index in [4.69, 9.17) is 14.2 Å². The number of nitrogens with one attached hydrogen (secondary N) is 1. The van der Waals surface area contributed by atoms with E-state index in [0.717, 1.165) is 24.4 Å². The Morgan fingerprint density at radius 2 is 2.10 bits per heavy atom. The van der Waals surface area contributed by atoms with Gasteiger partial charge in [-0.15, -0.1) is 0 Å². The lowest BCUT2D eigenvalue weighted by molar-refractivity contribution is -0.123. The van der Waals surface area contributed by atoms with Gasteiger partial charge in [-0.3, -0.25) is 9.69 Å². The second kappa shape index (κ2) is 6.55. The van der Waals surface area contributed by atoms with E-state index in [1.807, 2.05) is 23.1 Å². The molecule has 0 unspecified atom stereocenters. The van der Waals surface area contributed by atoms with Gasteiger partial charge in [0.1, 0.15) is 0 Å². The molecule has 1 aromatic carbocycles. The lowest BCUT2D eigenvalue weighted by Gasteiger charge is -2.25. The van der Waals surface area contributed by atoms with Crippen molar-refractivity contribution >= 4 is 12.1 Å². The summed E-state index contributed by atoms with van der Waals surface area (Å²) in [6.07, 6.45) is 1.58. The second-order valence-electron chi connectivity index (χ2n) is 4.79. The summed E-state index contributed by atoms with van der Waals surface area (Å²) in [5, 5.41) is 3.95. The van der Waals surface area contributed by atoms with Crippen molar-refractivity contribution in [1.29, 1.82) is 0 Å². The summed E-state index contributed by atoms with van der Waals surface area (Å²) in [4.78, 5) is 13.8. The highest BCUT2D eigenvalue weighted by atomic mass is 16.7. The van der Waals surface area contributed by atoms with Gasteiger partial charge < -0.3 is 14.2 Å². The number of hydrogen-bond acceptors (Lipinski definition) is 6. The topological polar surface area (TPSA) is 72.4 Å². The monoisotopic (exact) mass is 291 g/mol. The van der Waals surface area contributed by atoms with Gasteiger partial charge in [-0.05, 0) is 23.8 Å². The summed E-state index contributed by atoms with van der Waals surface area (Å²) >= 11 is 0. The van der Waals surface area contributed by atoms with Gasteiger partial charge >= 0.3 is 0 Å². The number of hydrogen-bond donors (Lipinski definition) is 1. The van der Waals surface area contributed by atoms with Crippen molar-refractivity contribution in [2.75, 3.05) is 39.6 Å². The molecule has 0 spiro atoms. The van der Waals surface area contributed by atoms with Gasteiger partial charge in [-0.25, -0.2) is 5.43 Å². The van der Waals surface area contributed by atoms with Crippen molar-refractivity contribution < 1.29 is 19.0 Å². The average molecular weight is 291 g/mol. The van der Waals surface area contributed by atoms with Crippen molar-refractivity contribution in [3.63, 3.8) is 0 Å². The van der Waals surface area contributed by atoms with E-state index in [9.17, 15) is 4.79 Å². The number of rotatable bonds is 4. The molecule has 1 amide bonds. The molecule has 0 aromatic heterocycles. The number of hydrazone groups is 1. The van der Waals surface area contributed by atoms with Crippen LogP contribution in [0.25, 0.3) is 0 Å². The molecule has 2 aliphatic rings. The minimum absolute atomic E-state index is 0.131. The summed E-state index contributed by atoms with van der Waals surface area (Å²) in [7, 11) is 0. The van der Waals surface area contributed by atoms with Gasteiger partial charge in [0.25, 0.3) is 5.91 Å². The first-order chi connectivity index (χ1) is 10.3. The zero-order valence-corrected chi connectivity index (χ0v) is 11.6. The number of carbonyl (C=O) groups excluding carboxylic acids is 1. The Labute approximate surface area is 122 Å². The quantitative estimate of drug-likeness (QED) is 0.633. The Morgan fingerprint density at radius 1 is 1.29 bits per heavy atom. The van der Waals surface area contributed by atoms with E-state index in [1.54, 1.807) is 6.21 Å². The zero-order chi connectivity index (χ0) is 14.5. The van der Waals surface area contributed by atoms with Gasteiger partial charge in [0.05, 0.1) is 26.0 Å². The van der Waals surface area contributed by atoms with Crippen molar-refractivity contribution in [3.05, 3.63) is 23.8 Å². The van der Waals surface area contributed by atoms with Gasteiger partial charge in [-0.2, -0.15) is 5.10 Å². The molecule has 0 atom stereocenters. The minimum Gasteiger partial charge on any atom is -0.454 e. The van der Waals surface area contributed by atoms with Crippen LogP contribution in [0.15, 0.2) is 23.3 Å². The molecule has 1 saturated heterocycles. The first-order valence-electron chi connectivity index (χ1n) is 6.83. The van der Waals surface area contributed by atoms with Crippen LogP contribution in [0.1, 0.15) is 5.56 Å². The van der Waals surface area contributed by atoms with E-state index < -0.39 is 0 Å². The first-order valence-corrected chi connectivity index (χ1v) is 6.83. The van der Waals surface area contributed by atoms with Crippen LogP contribution >= 0.6 is 0 Å². The number of morpholine rings is 1. The molecule has 0 radical (unpaired) electrons. The molecule has 21 heavy (non-hydrogen) atoms. The van der Waals surface area contributed by atoms with Crippen LogP contribution in [0, 0.1) is 0 Å². The maximum absolute atomic E-state index is 11.7. The molecule has 3 rings (SSSR count). The second-order valence-corrected chi connectivity index (χ2v) is 4.79. The van der Waals surface area contributed by atoms with Gasteiger partial charge in [0.2, 0.25) is 6.79 Å². The summed E-state index contributed by atoms with van der Waals surface area (Å²) in [6.45, 7) is 3.48. The maximum Gasteiger partial charge on any atom is 0.254 e. The van der Waals surface area contributed by atoms with Crippen LogP contribution < -0.4 is 14.9 Å². The van der Waals surface area contributed by atoms with E-state index in [0.29, 0.717) is 25.5 Å². The lowest BCUT2D eigenvalue weighted by Crippen LogP contribution is -2.42. The molecule has 1 aromatic rings. The Hall–Kier alpha value is -2.12. The number of benzene rings is 1. The highest BCUT2D eigenvalue weighted by Crippen LogP contribution is 2.31. The fraction of sp³-hybridized carbons (Fsp3) is 0.429. The third-order valence-electron chi connectivity index (χ3n) is 3.27. The predicted octanol–water partition coefficient (Wildman–Crippen LogP) is 0.198. The van der Waals surface area contributed by atoms with Gasteiger partial charge in [-0.1, -0.05) is 0 Å². The van der Waals surface area contributed by atoms with Crippen LogP contribution in [0.2, 0.25) is 0 Å². The SMILES string of the molecule is O=C(CN1CCOCC1)N/N=C/c1ccc2c(c1)OCO2.